The predicted molar refractivity (Wildman–Crippen MR) is 98.8 cm³/mol. The van der Waals surface area contributed by atoms with Gasteiger partial charge in [-0.25, -0.2) is 4.98 Å². The molecular formula is C18H25N5O2S. The van der Waals surface area contributed by atoms with E-state index in [-0.39, 0.29) is 11.9 Å². The first-order chi connectivity index (χ1) is 12.7. The Morgan fingerprint density at radius 1 is 1.42 bits per heavy atom. The molecular weight excluding hydrogens is 350 g/mol. The maximum Gasteiger partial charge on any atom is 0.246 e. The Labute approximate surface area is 157 Å². The quantitative estimate of drug-likeness (QED) is 0.862. The standard InChI is InChI=1S/C18H25N5O2S/c1-13-12-26-17(21-13)11-22-9-15-2-5-20-23(15)16(10-22)18(24)19-8-14-3-6-25-7-4-14/h2,5,12,14,16H,3-4,6-11H2,1H3,(H,19,24)/t16-/m1/s1. The number of hydrogen-bond acceptors (Lipinski definition) is 6. The van der Waals surface area contributed by atoms with Crippen molar-refractivity contribution >= 4 is 17.2 Å². The van der Waals surface area contributed by atoms with E-state index in [1.807, 2.05) is 17.7 Å². The molecule has 1 fully saturated rings. The minimum Gasteiger partial charge on any atom is -0.381 e. The first kappa shape index (κ1) is 17.6. The Bertz CT molecular complexity index is 752. The van der Waals surface area contributed by atoms with Crippen molar-refractivity contribution < 1.29 is 9.53 Å². The van der Waals surface area contributed by atoms with Gasteiger partial charge in [0, 0.05) is 50.1 Å². The second kappa shape index (κ2) is 7.85. The number of hydrogen-bond donors (Lipinski definition) is 1. The summed E-state index contributed by atoms with van der Waals surface area (Å²) in [6, 6.07) is 1.72. The van der Waals surface area contributed by atoms with Crippen molar-refractivity contribution in [3.63, 3.8) is 0 Å². The van der Waals surface area contributed by atoms with Crippen LogP contribution < -0.4 is 5.32 Å². The van der Waals surface area contributed by atoms with E-state index in [0.29, 0.717) is 12.5 Å². The summed E-state index contributed by atoms with van der Waals surface area (Å²) in [5.41, 5.74) is 2.13. The number of nitrogens with one attached hydrogen (secondary N) is 1. The average molecular weight is 375 g/mol. The smallest absolute Gasteiger partial charge is 0.246 e. The molecule has 0 aromatic carbocycles. The molecule has 1 saturated heterocycles. The molecule has 0 spiro atoms. The summed E-state index contributed by atoms with van der Waals surface area (Å²) in [5.74, 6) is 0.573. The first-order valence-electron chi connectivity index (χ1n) is 9.20. The van der Waals surface area contributed by atoms with Crippen molar-refractivity contribution in [3.05, 3.63) is 34.0 Å². The van der Waals surface area contributed by atoms with Crippen LogP contribution in [0.1, 0.15) is 35.3 Å². The van der Waals surface area contributed by atoms with E-state index in [1.54, 1.807) is 17.5 Å². The summed E-state index contributed by atoms with van der Waals surface area (Å²) in [7, 11) is 0. The first-order valence-corrected chi connectivity index (χ1v) is 10.1. The Morgan fingerprint density at radius 3 is 3.04 bits per heavy atom. The predicted octanol–water partition coefficient (Wildman–Crippen LogP) is 1.75. The molecule has 0 unspecified atom stereocenters. The number of ether oxygens (including phenoxy) is 1. The molecule has 2 aromatic heterocycles. The number of fused-ring (bicyclic) bond motifs is 1. The van der Waals surface area contributed by atoms with Crippen LogP contribution >= 0.6 is 11.3 Å². The Balaban J connectivity index is 1.41. The van der Waals surface area contributed by atoms with Gasteiger partial charge in [-0.1, -0.05) is 0 Å². The Hall–Kier alpha value is -1.77. The zero-order valence-electron chi connectivity index (χ0n) is 15.1. The maximum atomic E-state index is 12.9. The molecule has 4 rings (SSSR count). The molecule has 2 aliphatic heterocycles. The highest BCUT2D eigenvalue weighted by Gasteiger charge is 2.31. The summed E-state index contributed by atoms with van der Waals surface area (Å²) in [5, 5.41) is 10.7. The Kier molecular flexibility index (Phi) is 5.33. The van der Waals surface area contributed by atoms with Crippen molar-refractivity contribution in [3.8, 4) is 0 Å². The van der Waals surface area contributed by atoms with Gasteiger partial charge in [0.15, 0.2) is 0 Å². The molecule has 0 radical (unpaired) electrons. The lowest BCUT2D eigenvalue weighted by atomic mass is 10.0. The van der Waals surface area contributed by atoms with Crippen molar-refractivity contribution in [2.24, 2.45) is 5.92 Å². The molecule has 1 atom stereocenters. The van der Waals surface area contributed by atoms with Gasteiger partial charge in [-0.15, -0.1) is 11.3 Å². The lowest BCUT2D eigenvalue weighted by Crippen LogP contribution is -2.46. The van der Waals surface area contributed by atoms with Gasteiger partial charge in [-0.3, -0.25) is 14.4 Å². The molecule has 140 valence electrons. The summed E-state index contributed by atoms with van der Waals surface area (Å²) in [4.78, 5) is 19.7. The zero-order chi connectivity index (χ0) is 17.9. The van der Waals surface area contributed by atoms with Crippen molar-refractivity contribution in [2.45, 2.75) is 38.9 Å². The van der Waals surface area contributed by atoms with Crippen LogP contribution in [0.3, 0.4) is 0 Å². The fourth-order valence-electron chi connectivity index (χ4n) is 3.66. The molecule has 0 saturated carbocycles. The van der Waals surface area contributed by atoms with Gasteiger partial charge in [0.2, 0.25) is 5.91 Å². The van der Waals surface area contributed by atoms with Gasteiger partial charge < -0.3 is 10.1 Å². The van der Waals surface area contributed by atoms with Crippen molar-refractivity contribution in [1.29, 1.82) is 0 Å². The van der Waals surface area contributed by atoms with Gasteiger partial charge in [-0.05, 0) is 31.7 Å². The van der Waals surface area contributed by atoms with Gasteiger partial charge in [0.25, 0.3) is 0 Å². The molecule has 1 N–H and O–H groups in total. The van der Waals surface area contributed by atoms with Crippen LogP contribution in [0.15, 0.2) is 17.6 Å². The number of nitrogens with zero attached hydrogens (tertiary/aromatic N) is 4. The van der Waals surface area contributed by atoms with Crippen molar-refractivity contribution in [2.75, 3.05) is 26.3 Å². The topological polar surface area (TPSA) is 72.3 Å². The highest BCUT2D eigenvalue weighted by atomic mass is 32.1. The Morgan fingerprint density at radius 2 is 2.27 bits per heavy atom. The molecule has 0 aliphatic carbocycles. The van der Waals surface area contributed by atoms with Crippen LogP contribution in [-0.2, 0) is 22.6 Å². The monoisotopic (exact) mass is 375 g/mol. The molecule has 0 bridgehead atoms. The summed E-state index contributed by atoms with van der Waals surface area (Å²) in [6.07, 6.45) is 3.83. The summed E-state index contributed by atoms with van der Waals surface area (Å²) < 4.78 is 7.27. The third kappa shape index (κ3) is 3.97. The lowest BCUT2D eigenvalue weighted by Gasteiger charge is -2.33. The van der Waals surface area contributed by atoms with Crippen LogP contribution in [0.25, 0.3) is 0 Å². The number of carbonyl (C=O) groups is 1. The van der Waals surface area contributed by atoms with Gasteiger partial charge in [0.1, 0.15) is 11.0 Å². The van der Waals surface area contributed by atoms with E-state index < -0.39 is 0 Å². The third-order valence-corrected chi connectivity index (χ3v) is 6.05. The van der Waals surface area contributed by atoms with E-state index in [0.717, 1.165) is 62.1 Å². The third-order valence-electron chi connectivity index (χ3n) is 5.10. The van der Waals surface area contributed by atoms with E-state index in [9.17, 15) is 4.79 Å². The second-order valence-electron chi connectivity index (χ2n) is 7.14. The molecule has 26 heavy (non-hydrogen) atoms. The lowest BCUT2D eigenvalue weighted by molar-refractivity contribution is -0.126. The minimum atomic E-state index is -0.283. The largest absolute Gasteiger partial charge is 0.381 e. The van der Waals surface area contributed by atoms with E-state index >= 15 is 0 Å². The fraction of sp³-hybridized carbons (Fsp3) is 0.611. The second-order valence-corrected chi connectivity index (χ2v) is 8.08. The normalized spacial score (nSPS) is 21.5. The van der Waals surface area contributed by atoms with Gasteiger partial charge >= 0.3 is 0 Å². The molecule has 1 amide bonds. The van der Waals surface area contributed by atoms with Crippen LogP contribution in [0, 0.1) is 12.8 Å². The number of carbonyl (C=O) groups excluding carboxylic acids is 1. The number of thiazole rings is 1. The van der Waals surface area contributed by atoms with E-state index in [1.165, 1.54) is 0 Å². The molecule has 2 aliphatic rings. The van der Waals surface area contributed by atoms with Crippen molar-refractivity contribution in [1.82, 2.24) is 25.0 Å². The number of amides is 1. The summed E-state index contributed by atoms with van der Waals surface area (Å²) in [6.45, 7) is 6.56. The highest BCUT2D eigenvalue weighted by molar-refractivity contribution is 7.09. The average Bonchev–Trinajstić information content (AvgIpc) is 3.28. The molecule has 7 nitrogen and oxygen atoms in total. The van der Waals surface area contributed by atoms with E-state index in [2.05, 4.69) is 25.7 Å². The molecule has 8 heteroatoms. The van der Waals surface area contributed by atoms with E-state index in [4.69, 9.17) is 4.74 Å². The SMILES string of the molecule is Cc1csc(CN2Cc3ccnn3[C@@H](C(=O)NCC3CCOCC3)C2)n1. The van der Waals surface area contributed by atoms with Crippen LogP contribution in [0.4, 0.5) is 0 Å². The van der Waals surface area contributed by atoms with Gasteiger partial charge in [0.05, 0.1) is 12.2 Å². The van der Waals surface area contributed by atoms with Crippen LogP contribution in [0.5, 0.6) is 0 Å². The maximum absolute atomic E-state index is 12.9. The van der Waals surface area contributed by atoms with Crippen LogP contribution in [0.2, 0.25) is 0 Å². The fourth-order valence-corrected chi connectivity index (χ4v) is 4.47. The van der Waals surface area contributed by atoms with Crippen LogP contribution in [-0.4, -0.2) is 51.9 Å². The number of aromatic nitrogens is 3. The zero-order valence-corrected chi connectivity index (χ0v) is 15.9. The molecule has 4 heterocycles. The summed E-state index contributed by atoms with van der Waals surface area (Å²) >= 11 is 1.68. The minimum absolute atomic E-state index is 0.0569. The molecule has 2 aromatic rings. The van der Waals surface area contributed by atoms with Gasteiger partial charge in [-0.2, -0.15) is 5.10 Å². The number of aryl methyl sites for hydroxylation is 1. The number of rotatable bonds is 5. The highest BCUT2D eigenvalue weighted by Crippen LogP contribution is 2.23.